The van der Waals surface area contributed by atoms with Crippen LogP contribution in [0.2, 0.25) is 4.34 Å². The summed E-state index contributed by atoms with van der Waals surface area (Å²) >= 11 is 7.61. The minimum Gasteiger partial charge on any atom is -0.310 e. The Bertz CT molecular complexity index is 369. The highest BCUT2D eigenvalue weighted by Gasteiger charge is 2.41. The third kappa shape index (κ3) is 3.04. The van der Waals surface area contributed by atoms with Crippen LogP contribution in [0.4, 0.5) is 0 Å². The van der Waals surface area contributed by atoms with Crippen molar-refractivity contribution in [3.8, 4) is 0 Å². The van der Waals surface area contributed by atoms with E-state index in [4.69, 9.17) is 11.6 Å². The fraction of sp³-hybridized carbons (Fsp3) is 0.714. The monoisotopic (exact) mass is 269 g/mol. The number of thiophene rings is 1. The Hall–Kier alpha value is -0.0500. The van der Waals surface area contributed by atoms with Gasteiger partial charge in [-0.25, -0.2) is 0 Å². The molecule has 2 saturated carbocycles. The second-order valence-corrected chi connectivity index (χ2v) is 7.20. The number of halogens is 1. The smallest absolute Gasteiger partial charge is 0.0931 e. The lowest BCUT2D eigenvalue weighted by Crippen LogP contribution is -2.27. The second-order valence-electron chi connectivity index (χ2n) is 5.65. The van der Waals surface area contributed by atoms with E-state index >= 15 is 0 Å². The normalized spacial score (nSPS) is 22.1. The molecule has 2 aliphatic carbocycles. The van der Waals surface area contributed by atoms with E-state index in [0.717, 1.165) is 22.1 Å². The third-order valence-electron chi connectivity index (χ3n) is 4.20. The SMILES string of the molecule is CC(NCC(C1CC1)C1CC1)c1csc(Cl)c1. The van der Waals surface area contributed by atoms with Crippen molar-refractivity contribution in [2.45, 2.75) is 38.6 Å². The lowest BCUT2D eigenvalue weighted by molar-refractivity contribution is 0.362. The molecule has 0 radical (unpaired) electrons. The van der Waals surface area contributed by atoms with E-state index in [9.17, 15) is 0 Å². The van der Waals surface area contributed by atoms with Gasteiger partial charge in [0.1, 0.15) is 0 Å². The number of nitrogens with one attached hydrogen (secondary N) is 1. The molecule has 1 heterocycles. The summed E-state index contributed by atoms with van der Waals surface area (Å²) < 4.78 is 0.898. The topological polar surface area (TPSA) is 12.0 Å². The van der Waals surface area contributed by atoms with Gasteiger partial charge in [-0.15, -0.1) is 11.3 Å². The summed E-state index contributed by atoms with van der Waals surface area (Å²) in [5, 5.41) is 5.87. The van der Waals surface area contributed by atoms with E-state index in [1.54, 1.807) is 11.3 Å². The summed E-state index contributed by atoms with van der Waals surface area (Å²) in [7, 11) is 0. The van der Waals surface area contributed by atoms with Crippen LogP contribution in [-0.4, -0.2) is 6.54 Å². The highest BCUT2D eigenvalue weighted by atomic mass is 35.5. The molecule has 94 valence electrons. The zero-order valence-corrected chi connectivity index (χ0v) is 11.9. The van der Waals surface area contributed by atoms with Crippen molar-refractivity contribution in [2.24, 2.45) is 17.8 Å². The highest BCUT2D eigenvalue weighted by molar-refractivity contribution is 7.14. The fourth-order valence-corrected chi connectivity index (χ4v) is 3.73. The second kappa shape index (κ2) is 4.91. The molecule has 1 N–H and O–H groups in total. The first-order chi connectivity index (χ1) is 8.24. The average molecular weight is 270 g/mol. The van der Waals surface area contributed by atoms with Crippen LogP contribution in [0.5, 0.6) is 0 Å². The molecule has 3 heteroatoms. The molecule has 0 amide bonds. The standard InChI is InChI=1S/C14H20ClNS/c1-9(12-6-14(15)17-8-12)16-7-13(10-2-3-10)11-4-5-11/h6,8-11,13,16H,2-5,7H2,1H3. The molecular weight excluding hydrogens is 250 g/mol. The first kappa shape index (κ1) is 12.0. The van der Waals surface area contributed by atoms with Crippen molar-refractivity contribution in [3.05, 3.63) is 21.3 Å². The molecule has 0 bridgehead atoms. The number of rotatable bonds is 6. The van der Waals surface area contributed by atoms with Crippen molar-refractivity contribution in [3.63, 3.8) is 0 Å². The van der Waals surface area contributed by atoms with Gasteiger partial charge in [-0.1, -0.05) is 11.6 Å². The largest absolute Gasteiger partial charge is 0.310 e. The first-order valence-corrected chi connectivity index (χ1v) is 7.97. The van der Waals surface area contributed by atoms with Gasteiger partial charge >= 0.3 is 0 Å². The molecule has 2 aliphatic rings. The van der Waals surface area contributed by atoms with Gasteiger partial charge in [-0.05, 0) is 73.9 Å². The molecule has 1 aromatic rings. The van der Waals surface area contributed by atoms with Crippen LogP contribution in [0, 0.1) is 17.8 Å². The minimum atomic E-state index is 0.443. The van der Waals surface area contributed by atoms with Gasteiger partial charge in [-0.3, -0.25) is 0 Å². The fourth-order valence-electron chi connectivity index (χ4n) is 2.75. The van der Waals surface area contributed by atoms with Gasteiger partial charge in [-0.2, -0.15) is 0 Å². The molecule has 1 unspecified atom stereocenters. The van der Waals surface area contributed by atoms with E-state index in [1.165, 1.54) is 37.8 Å². The molecule has 3 rings (SSSR count). The lowest BCUT2D eigenvalue weighted by atomic mass is 9.97. The maximum Gasteiger partial charge on any atom is 0.0931 e. The van der Waals surface area contributed by atoms with Gasteiger partial charge in [0.15, 0.2) is 0 Å². The Labute approximate surface area is 113 Å². The number of hydrogen-bond donors (Lipinski definition) is 1. The molecule has 0 spiro atoms. The van der Waals surface area contributed by atoms with Gasteiger partial charge in [0.2, 0.25) is 0 Å². The molecule has 0 aliphatic heterocycles. The van der Waals surface area contributed by atoms with Crippen LogP contribution >= 0.6 is 22.9 Å². The van der Waals surface area contributed by atoms with Crippen LogP contribution in [0.15, 0.2) is 11.4 Å². The summed E-state index contributed by atoms with van der Waals surface area (Å²) in [5.74, 6) is 3.02. The zero-order chi connectivity index (χ0) is 11.8. The van der Waals surface area contributed by atoms with Crippen LogP contribution in [-0.2, 0) is 0 Å². The summed E-state index contributed by atoms with van der Waals surface area (Å²) in [6, 6.07) is 2.53. The van der Waals surface area contributed by atoms with Crippen molar-refractivity contribution >= 4 is 22.9 Å². The molecule has 2 fully saturated rings. The zero-order valence-electron chi connectivity index (χ0n) is 10.3. The Balaban J connectivity index is 1.52. The third-order valence-corrected chi connectivity index (χ3v) is 5.31. The van der Waals surface area contributed by atoms with Gasteiger partial charge in [0.05, 0.1) is 4.34 Å². The van der Waals surface area contributed by atoms with E-state index in [2.05, 4.69) is 23.7 Å². The summed E-state index contributed by atoms with van der Waals surface area (Å²) in [5.41, 5.74) is 1.34. The molecule has 1 atom stereocenters. The average Bonchev–Trinajstić information content (AvgIpc) is 3.20. The van der Waals surface area contributed by atoms with Crippen LogP contribution in [0.25, 0.3) is 0 Å². The molecule has 1 aromatic heterocycles. The van der Waals surface area contributed by atoms with E-state index < -0.39 is 0 Å². The molecule has 1 nitrogen and oxygen atoms in total. The first-order valence-electron chi connectivity index (χ1n) is 6.71. The van der Waals surface area contributed by atoms with E-state index in [0.29, 0.717) is 6.04 Å². The maximum atomic E-state index is 5.98. The molecule has 17 heavy (non-hydrogen) atoms. The lowest BCUT2D eigenvalue weighted by Gasteiger charge is -2.19. The number of hydrogen-bond acceptors (Lipinski definition) is 2. The van der Waals surface area contributed by atoms with Crippen molar-refractivity contribution in [1.82, 2.24) is 5.32 Å². The van der Waals surface area contributed by atoms with Crippen LogP contribution in [0.3, 0.4) is 0 Å². The predicted octanol–water partition coefficient (Wildman–Crippen LogP) is 4.49. The summed E-state index contributed by atoms with van der Waals surface area (Å²) in [4.78, 5) is 0. The molecule has 0 saturated heterocycles. The van der Waals surface area contributed by atoms with Gasteiger partial charge in [0, 0.05) is 6.04 Å². The minimum absolute atomic E-state index is 0.443. The van der Waals surface area contributed by atoms with Crippen molar-refractivity contribution in [1.29, 1.82) is 0 Å². The highest BCUT2D eigenvalue weighted by Crippen LogP contribution is 2.49. The van der Waals surface area contributed by atoms with E-state index in [1.807, 2.05) is 0 Å². The Kier molecular flexibility index (Phi) is 3.47. The Morgan fingerprint density at radius 1 is 1.35 bits per heavy atom. The van der Waals surface area contributed by atoms with Crippen LogP contribution < -0.4 is 5.32 Å². The van der Waals surface area contributed by atoms with Crippen molar-refractivity contribution < 1.29 is 0 Å². The summed E-state index contributed by atoms with van der Waals surface area (Å²) in [6.07, 6.45) is 5.89. The van der Waals surface area contributed by atoms with Crippen molar-refractivity contribution in [2.75, 3.05) is 6.54 Å². The predicted molar refractivity (Wildman–Crippen MR) is 74.7 cm³/mol. The Morgan fingerprint density at radius 3 is 2.47 bits per heavy atom. The van der Waals surface area contributed by atoms with Gasteiger partial charge in [0.25, 0.3) is 0 Å². The van der Waals surface area contributed by atoms with E-state index in [-0.39, 0.29) is 0 Å². The van der Waals surface area contributed by atoms with Gasteiger partial charge < -0.3 is 5.32 Å². The molecule has 0 aromatic carbocycles. The molecular formula is C14H20ClNS. The quantitative estimate of drug-likeness (QED) is 0.802. The maximum absolute atomic E-state index is 5.98. The Morgan fingerprint density at radius 2 is 2.00 bits per heavy atom. The van der Waals surface area contributed by atoms with Crippen LogP contribution in [0.1, 0.15) is 44.2 Å². The summed E-state index contributed by atoms with van der Waals surface area (Å²) in [6.45, 7) is 3.44.